The van der Waals surface area contributed by atoms with Gasteiger partial charge in [-0.1, -0.05) is 0 Å². The smallest absolute Gasteiger partial charge is 0.335 e. The lowest BCUT2D eigenvalue weighted by Crippen LogP contribution is -2.35. The van der Waals surface area contributed by atoms with Crippen LogP contribution in [0.3, 0.4) is 0 Å². The average Bonchev–Trinajstić information content (AvgIpc) is 2.21. The minimum absolute atomic E-state index is 0.651. The third-order valence-corrected chi connectivity index (χ3v) is 2.82. The van der Waals surface area contributed by atoms with Gasteiger partial charge in [-0.2, -0.15) is 8.42 Å². The van der Waals surface area contributed by atoms with Gasteiger partial charge in [-0.3, -0.25) is 23.7 Å². The van der Waals surface area contributed by atoms with Gasteiger partial charge in [0, 0.05) is 0 Å². The Morgan fingerprint density at radius 1 is 1.00 bits per heavy atom. The summed E-state index contributed by atoms with van der Waals surface area (Å²) in [5, 5.41) is 14.2. The molecular weight excluding hydrogens is 288 g/mol. The van der Waals surface area contributed by atoms with E-state index in [9.17, 15) is 27.6 Å². The number of carbonyl (C=O) groups is 4. The van der Waals surface area contributed by atoms with Gasteiger partial charge in [0.1, 0.15) is 0 Å². The van der Waals surface area contributed by atoms with Crippen LogP contribution in [0.4, 0.5) is 0 Å². The normalized spacial score (nSPS) is 12.5. The number of carboxylic acid groups (broad SMARTS) is 2. The van der Waals surface area contributed by atoms with Gasteiger partial charge in [0.15, 0.2) is 5.25 Å². The molecule has 0 rings (SSSR count). The summed E-state index contributed by atoms with van der Waals surface area (Å²) in [6.07, 6.45) is -2.64. The Labute approximate surface area is 106 Å². The van der Waals surface area contributed by atoms with Gasteiger partial charge < -0.3 is 14.9 Å². The summed E-state index contributed by atoms with van der Waals surface area (Å²) in [6.45, 7) is 0. The molecule has 0 fully saturated rings. The summed E-state index contributed by atoms with van der Waals surface area (Å²) >= 11 is 0. The molecule has 1 unspecified atom stereocenters. The van der Waals surface area contributed by atoms with Crippen LogP contribution in [0.1, 0.15) is 19.3 Å². The first-order valence-electron chi connectivity index (χ1n) is 4.68. The third kappa shape index (κ3) is 7.10. The molecule has 0 aromatic carbocycles. The van der Waals surface area contributed by atoms with Gasteiger partial charge in [0.25, 0.3) is 10.1 Å². The van der Waals surface area contributed by atoms with Crippen LogP contribution in [0, 0.1) is 0 Å². The molecule has 0 aliphatic rings. The molecule has 0 bridgehead atoms. The number of carboxylic acids is 2. The number of carbonyl (C=O) groups excluding carboxylic acids is 2. The summed E-state index contributed by atoms with van der Waals surface area (Å²) in [4.78, 5) is 42.6. The van der Waals surface area contributed by atoms with Crippen molar-refractivity contribution >= 4 is 34.0 Å². The highest BCUT2D eigenvalue weighted by Gasteiger charge is 2.36. The number of rotatable bonds is 7. The second-order valence-corrected chi connectivity index (χ2v) is 4.89. The predicted octanol–water partition coefficient (Wildman–Crippen LogP) is -1.35. The molecule has 1 atom stereocenters. The van der Waals surface area contributed by atoms with Crippen LogP contribution < -0.4 is 0 Å². The summed E-state index contributed by atoms with van der Waals surface area (Å²) in [7, 11) is -5.06. The van der Waals surface area contributed by atoms with Crippen molar-refractivity contribution in [3.05, 3.63) is 0 Å². The zero-order valence-electron chi connectivity index (χ0n) is 9.31. The molecule has 0 aromatic rings. The zero-order valence-corrected chi connectivity index (χ0v) is 10.1. The average molecular weight is 298 g/mol. The maximum absolute atomic E-state index is 11.2. The third-order valence-electron chi connectivity index (χ3n) is 1.74. The molecule has 108 valence electrons. The maximum Gasteiger partial charge on any atom is 0.335 e. The lowest BCUT2D eigenvalue weighted by atomic mass is 10.3. The Morgan fingerprint density at radius 3 is 1.89 bits per heavy atom. The monoisotopic (exact) mass is 298 g/mol. The van der Waals surface area contributed by atoms with E-state index in [4.69, 9.17) is 14.8 Å². The van der Waals surface area contributed by atoms with Crippen LogP contribution >= 0.6 is 0 Å². The van der Waals surface area contributed by atoms with Crippen LogP contribution in [0.2, 0.25) is 0 Å². The van der Waals surface area contributed by atoms with Crippen molar-refractivity contribution < 1.29 is 47.1 Å². The van der Waals surface area contributed by atoms with E-state index >= 15 is 0 Å². The number of hydrogen-bond donors (Lipinski definition) is 3. The number of hydrogen-bond acceptors (Lipinski definition) is 7. The quantitative estimate of drug-likeness (QED) is 0.289. The predicted molar refractivity (Wildman–Crippen MR) is 55.6 cm³/mol. The van der Waals surface area contributed by atoms with Gasteiger partial charge in [0.05, 0.1) is 19.3 Å². The number of esters is 2. The molecule has 0 aliphatic heterocycles. The molecule has 11 heteroatoms. The molecule has 0 amide bonds. The van der Waals surface area contributed by atoms with E-state index in [1.807, 2.05) is 0 Å². The van der Waals surface area contributed by atoms with Crippen molar-refractivity contribution in [2.24, 2.45) is 0 Å². The highest BCUT2D eigenvalue weighted by Crippen LogP contribution is 2.08. The zero-order chi connectivity index (χ0) is 15.2. The Hall–Kier alpha value is -2.01. The van der Waals surface area contributed by atoms with Gasteiger partial charge in [-0.25, -0.2) is 0 Å². The first-order valence-corrected chi connectivity index (χ1v) is 6.18. The molecule has 0 aromatic heterocycles. The van der Waals surface area contributed by atoms with Gasteiger partial charge in [-0.05, 0) is 0 Å². The summed E-state index contributed by atoms with van der Waals surface area (Å²) in [5.74, 6) is -6.18. The van der Waals surface area contributed by atoms with E-state index in [0.717, 1.165) is 0 Å². The SMILES string of the molecule is O=C(O)CCC(=O)OC(=O)C(CC(=O)O)S(=O)(=O)O. The molecule has 0 spiro atoms. The highest BCUT2D eigenvalue weighted by molar-refractivity contribution is 7.87. The number of ether oxygens (including phenoxy) is 1. The van der Waals surface area contributed by atoms with Crippen molar-refractivity contribution in [1.29, 1.82) is 0 Å². The lowest BCUT2D eigenvalue weighted by molar-refractivity contribution is -0.161. The molecule has 0 saturated carbocycles. The summed E-state index contributed by atoms with van der Waals surface area (Å²) in [6, 6.07) is 0. The molecular formula is C8H10O10S. The molecule has 0 saturated heterocycles. The Kier molecular flexibility index (Phi) is 6.08. The van der Waals surface area contributed by atoms with E-state index in [1.54, 1.807) is 0 Å². The Morgan fingerprint density at radius 2 is 1.53 bits per heavy atom. The fourth-order valence-corrected chi connectivity index (χ4v) is 1.55. The van der Waals surface area contributed by atoms with Gasteiger partial charge >= 0.3 is 23.9 Å². The van der Waals surface area contributed by atoms with Crippen LogP contribution in [-0.4, -0.2) is 52.3 Å². The summed E-state index contributed by atoms with van der Waals surface area (Å²) < 4.78 is 34.1. The van der Waals surface area contributed by atoms with Gasteiger partial charge in [-0.15, -0.1) is 0 Å². The van der Waals surface area contributed by atoms with Crippen molar-refractivity contribution in [2.75, 3.05) is 0 Å². The van der Waals surface area contributed by atoms with E-state index < -0.39 is 58.5 Å². The minimum atomic E-state index is -5.06. The van der Waals surface area contributed by atoms with E-state index in [0.29, 0.717) is 0 Å². The Bertz CT molecular complexity index is 490. The second kappa shape index (κ2) is 6.80. The second-order valence-electron chi connectivity index (χ2n) is 3.29. The van der Waals surface area contributed by atoms with E-state index in [-0.39, 0.29) is 0 Å². The fourth-order valence-electron chi connectivity index (χ4n) is 0.907. The van der Waals surface area contributed by atoms with Crippen LogP contribution in [0.5, 0.6) is 0 Å². The lowest BCUT2D eigenvalue weighted by Gasteiger charge is -2.09. The molecule has 0 heterocycles. The molecule has 0 aliphatic carbocycles. The number of aliphatic carboxylic acids is 2. The fraction of sp³-hybridized carbons (Fsp3) is 0.500. The van der Waals surface area contributed by atoms with E-state index in [2.05, 4.69) is 4.74 Å². The first-order chi connectivity index (χ1) is 8.54. The molecule has 3 N–H and O–H groups in total. The van der Waals surface area contributed by atoms with Crippen molar-refractivity contribution in [3.8, 4) is 0 Å². The van der Waals surface area contributed by atoms with Crippen LogP contribution in [0.25, 0.3) is 0 Å². The Balaban J connectivity index is 4.70. The topological polar surface area (TPSA) is 172 Å². The van der Waals surface area contributed by atoms with Crippen LogP contribution in [0.15, 0.2) is 0 Å². The van der Waals surface area contributed by atoms with Crippen LogP contribution in [-0.2, 0) is 34.0 Å². The maximum atomic E-state index is 11.2. The molecule has 10 nitrogen and oxygen atoms in total. The van der Waals surface area contributed by atoms with Crippen molar-refractivity contribution in [2.45, 2.75) is 24.5 Å². The summed E-state index contributed by atoms with van der Waals surface area (Å²) in [5.41, 5.74) is 0. The van der Waals surface area contributed by atoms with Gasteiger partial charge in [0.2, 0.25) is 0 Å². The largest absolute Gasteiger partial charge is 0.481 e. The van der Waals surface area contributed by atoms with E-state index in [1.165, 1.54) is 0 Å². The molecule has 19 heavy (non-hydrogen) atoms. The van der Waals surface area contributed by atoms with Crippen molar-refractivity contribution in [1.82, 2.24) is 0 Å². The highest BCUT2D eigenvalue weighted by atomic mass is 32.2. The molecule has 0 radical (unpaired) electrons. The standard InChI is InChI=1S/C8H10O10S/c9-5(10)1-2-7(13)18-8(14)4(3-6(11)12)19(15,16)17/h4H,1-3H2,(H,9,10)(H,11,12)(H,15,16,17). The minimum Gasteiger partial charge on any atom is -0.481 e. The first kappa shape index (κ1) is 17.0. The van der Waals surface area contributed by atoms with Crippen molar-refractivity contribution in [3.63, 3.8) is 0 Å².